The van der Waals surface area contributed by atoms with E-state index in [4.69, 9.17) is 28.8 Å². The molecule has 0 fully saturated rings. The van der Waals surface area contributed by atoms with Crippen LogP contribution >= 0.6 is 0 Å². The van der Waals surface area contributed by atoms with Crippen LogP contribution in [0.3, 0.4) is 0 Å². The Kier molecular flexibility index (Phi) is 6.39. The summed E-state index contributed by atoms with van der Waals surface area (Å²) in [4.78, 5) is 19.5. The largest absolute Gasteiger partial charge is 0.456 e. The van der Waals surface area contributed by atoms with Gasteiger partial charge in [-0.3, -0.25) is 0 Å². The van der Waals surface area contributed by atoms with E-state index in [1.54, 1.807) is 0 Å². The van der Waals surface area contributed by atoms with Gasteiger partial charge < -0.3 is 8.83 Å². The van der Waals surface area contributed by atoms with Crippen molar-refractivity contribution in [3.05, 3.63) is 158 Å². The van der Waals surface area contributed by atoms with Crippen molar-refractivity contribution in [3.63, 3.8) is 0 Å². The second kappa shape index (κ2) is 11.4. The Hall–Kier alpha value is -6.92. The Morgan fingerprint density at radius 3 is 1.52 bits per heavy atom. The fourth-order valence-electron chi connectivity index (χ4n) is 6.69. The van der Waals surface area contributed by atoms with Crippen LogP contribution in [0.15, 0.2) is 167 Å². The highest BCUT2D eigenvalue weighted by Crippen LogP contribution is 2.41. The predicted molar refractivity (Wildman–Crippen MR) is 199 cm³/mol. The monoisotopic (exact) mass is 642 g/mol. The topological polar surface area (TPSA) is 77.8 Å². The first-order valence-corrected chi connectivity index (χ1v) is 16.5. The molecule has 0 radical (unpaired) electrons. The maximum Gasteiger partial charge on any atom is 0.227 e. The van der Waals surface area contributed by atoms with E-state index in [-0.39, 0.29) is 0 Å². The summed E-state index contributed by atoms with van der Waals surface area (Å²) in [5.41, 5.74) is 9.08. The number of nitrogens with zero attached hydrogens (tertiary/aromatic N) is 4. The number of hydrogen-bond acceptors (Lipinski definition) is 6. The molecule has 0 aliphatic heterocycles. The van der Waals surface area contributed by atoms with Crippen LogP contribution in [-0.2, 0) is 0 Å². The van der Waals surface area contributed by atoms with Crippen LogP contribution in [0.5, 0.6) is 0 Å². The summed E-state index contributed by atoms with van der Waals surface area (Å²) in [7, 11) is 0. The van der Waals surface area contributed by atoms with Gasteiger partial charge in [-0.15, -0.1) is 0 Å². The minimum absolute atomic E-state index is 0.601. The molecular formula is C44H26N4O2. The van der Waals surface area contributed by atoms with E-state index in [0.29, 0.717) is 23.4 Å². The Balaban J connectivity index is 1.08. The van der Waals surface area contributed by atoms with E-state index in [1.807, 2.05) is 109 Å². The SMILES string of the molecule is c1ccc(-c2nc(-c3ccccc3)nc(-c3ccc(-c4ccc5oc6ccc7ccc8nc(-c9ccccc9)oc8c7c6c5c4)cc3)n2)cc1. The van der Waals surface area contributed by atoms with Gasteiger partial charge in [-0.05, 0) is 52.9 Å². The van der Waals surface area contributed by atoms with Gasteiger partial charge in [-0.1, -0.05) is 121 Å². The summed E-state index contributed by atoms with van der Waals surface area (Å²) in [6, 6.07) is 53.0. The zero-order valence-electron chi connectivity index (χ0n) is 26.6. The molecule has 10 aromatic rings. The van der Waals surface area contributed by atoms with Crippen LogP contribution in [0, 0.1) is 0 Å². The Labute approximate surface area is 286 Å². The van der Waals surface area contributed by atoms with Crippen LogP contribution in [0.2, 0.25) is 0 Å². The summed E-state index contributed by atoms with van der Waals surface area (Å²) in [6.45, 7) is 0. The molecule has 50 heavy (non-hydrogen) atoms. The molecule has 0 unspecified atom stereocenters. The number of rotatable bonds is 5. The van der Waals surface area contributed by atoms with Crippen LogP contribution in [0.25, 0.3) is 101 Å². The Morgan fingerprint density at radius 2 is 0.880 bits per heavy atom. The molecule has 0 saturated carbocycles. The van der Waals surface area contributed by atoms with Crippen LogP contribution in [0.1, 0.15) is 0 Å². The molecule has 0 saturated heterocycles. The summed E-state index contributed by atoms with van der Waals surface area (Å²) in [5.74, 6) is 2.50. The molecule has 6 heteroatoms. The van der Waals surface area contributed by atoms with Gasteiger partial charge in [0.2, 0.25) is 5.89 Å². The standard InChI is InChI=1S/C44H26N4O2/c1-4-10-29(11-5-1)41-46-42(30-12-6-2-7-13-30)48-43(47-41)31-18-16-27(17-19-31)33-22-24-36-34(26-33)39-37(49-36)25-21-28-20-23-35-40(38(28)39)50-44(45-35)32-14-8-3-9-15-32/h1-26H. The van der Waals surface area contributed by atoms with Crippen molar-refractivity contribution in [3.8, 4) is 56.7 Å². The van der Waals surface area contributed by atoms with E-state index in [2.05, 4.69) is 48.5 Å². The van der Waals surface area contributed by atoms with Gasteiger partial charge in [-0.2, -0.15) is 0 Å². The second-order valence-electron chi connectivity index (χ2n) is 12.3. The highest BCUT2D eigenvalue weighted by Gasteiger charge is 2.18. The van der Waals surface area contributed by atoms with Crippen molar-refractivity contribution in [2.45, 2.75) is 0 Å². The van der Waals surface area contributed by atoms with E-state index in [9.17, 15) is 0 Å². The summed E-state index contributed by atoms with van der Waals surface area (Å²) < 4.78 is 12.8. The van der Waals surface area contributed by atoms with Gasteiger partial charge in [0, 0.05) is 38.4 Å². The van der Waals surface area contributed by atoms with Gasteiger partial charge in [0.25, 0.3) is 0 Å². The molecule has 0 aliphatic carbocycles. The third-order valence-corrected chi connectivity index (χ3v) is 9.17. The molecule has 0 atom stereocenters. The van der Waals surface area contributed by atoms with Gasteiger partial charge in [0.05, 0.1) is 0 Å². The molecule has 10 rings (SSSR count). The van der Waals surface area contributed by atoms with Crippen LogP contribution in [0.4, 0.5) is 0 Å². The normalized spacial score (nSPS) is 11.6. The van der Waals surface area contributed by atoms with E-state index >= 15 is 0 Å². The molecule has 0 spiro atoms. The fourth-order valence-corrected chi connectivity index (χ4v) is 6.69. The molecule has 0 N–H and O–H groups in total. The second-order valence-corrected chi connectivity index (χ2v) is 12.3. The molecule has 3 heterocycles. The molecule has 234 valence electrons. The predicted octanol–water partition coefficient (Wildman–Crippen LogP) is 11.4. The number of benzene rings is 7. The van der Waals surface area contributed by atoms with Crippen molar-refractivity contribution in [1.29, 1.82) is 0 Å². The van der Waals surface area contributed by atoms with Gasteiger partial charge in [-0.25, -0.2) is 19.9 Å². The number of aromatic nitrogens is 4. The zero-order chi connectivity index (χ0) is 33.0. The smallest absolute Gasteiger partial charge is 0.227 e. The van der Waals surface area contributed by atoms with Crippen LogP contribution in [-0.4, -0.2) is 19.9 Å². The lowest BCUT2D eigenvalue weighted by atomic mass is 9.99. The van der Waals surface area contributed by atoms with Crippen molar-refractivity contribution in [1.82, 2.24) is 19.9 Å². The lowest BCUT2D eigenvalue weighted by Gasteiger charge is -2.09. The highest BCUT2D eigenvalue weighted by atomic mass is 16.3. The number of furan rings is 1. The average molecular weight is 643 g/mol. The molecule has 7 aromatic carbocycles. The summed E-state index contributed by atoms with van der Waals surface area (Å²) >= 11 is 0. The number of oxazole rings is 1. The van der Waals surface area contributed by atoms with Crippen molar-refractivity contribution in [2.24, 2.45) is 0 Å². The highest BCUT2D eigenvalue weighted by molar-refractivity contribution is 6.25. The third kappa shape index (κ3) is 4.73. The van der Waals surface area contributed by atoms with Gasteiger partial charge in [0.15, 0.2) is 23.1 Å². The average Bonchev–Trinajstić information content (AvgIpc) is 3.81. The Morgan fingerprint density at radius 1 is 0.360 bits per heavy atom. The van der Waals surface area contributed by atoms with Gasteiger partial charge >= 0.3 is 0 Å². The van der Waals surface area contributed by atoms with Crippen molar-refractivity contribution < 1.29 is 8.83 Å². The third-order valence-electron chi connectivity index (χ3n) is 9.17. The molecule has 0 aliphatic rings. The lowest BCUT2D eigenvalue weighted by molar-refractivity contribution is 0.623. The fraction of sp³-hybridized carbons (Fsp3) is 0. The van der Waals surface area contributed by atoms with Crippen LogP contribution < -0.4 is 0 Å². The maximum atomic E-state index is 6.47. The van der Waals surface area contributed by atoms with E-state index in [0.717, 1.165) is 77.2 Å². The lowest BCUT2D eigenvalue weighted by Crippen LogP contribution is -2.00. The van der Waals surface area contributed by atoms with E-state index in [1.165, 1.54) is 0 Å². The van der Waals surface area contributed by atoms with Crippen molar-refractivity contribution >= 4 is 43.8 Å². The maximum absolute atomic E-state index is 6.47. The van der Waals surface area contributed by atoms with Crippen molar-refractivity contribution in [2.75, 3.05) is 0 Å². The molecular weight excluding hydrogens is 617 g/mol. The molecule has 3 aromatic heterocycles. The zero-order valence-corrected chi connectivity index (χ0v) is 26.6. The first-order chi connectivity index (χ1) is 24.7. The minimum atomic E-state index is 0.601. The quantitative estimate of drug-likeness (QED) is 0.186. The number of fused-ring (bicyclic) bond motifs is 7. The Bertz CT molecular complexity index is 2790. The first kappa shape index (κ1) is 28.1. The minimum Gasteiger partial charge on any atom is -0.456 e. The molecule has 0 amide bonds. The molecule has 0 bridgehead atoms. The van der Waals surface area contributed by atoms with E-state index < -0.39 is 0 Å². The summed E-state index contributed by atoms with van der Waals surface area (Å²) in [5, 5.41) is 4.11. The first-order valence-electron chi connectivity index (χ1n) is 16.5. The molecule has 6 nitrogen and oxygen atoms in total. The number of hydrogen-bond donors (Lipinski definition) is 0. The summed E-state index contributed by atoms with van der Waals surface area (Å²) in [6.07, 6.45) is 0. The van der Waals surface area contributed by atoms with Gasteiger partial charge in [0.1, 0.15) is 16.7 Å².